The molecule has 0 aliphatic carbocycles. The van der Waals surface area contributed by atoms with Gasteiger partial charge in [-0.3, -0.25) is 14.3 Å². The SMILES string of the molecule is COc1ccc(C2CC(c3cccs3)=NN2C(=O)Cn2nc(C(C)C)c3cnn(C(C)(C)C)c3c2=O)cc1. The molecule has 198 valence electrons. The van der Waals surface area contributed by atoms with Crippen molar-refractivity contribution in [2.45, 2.75) is 65.1 Å². The highest BCUT2D eigenvalue weighted by Gasteiger charge is 2.34. The molecule has 1 amide bonds. The number of thiophene rings is 1. The third-order valence-corrected chi connectivity index (χ3v) is 7.57. The van der Waals surface area contributed by atoms with E-state index < -0.39 is 5.54 Å². The lowest BCUT2D eigenvalue weighted by Gasteiger charge is -2.23. The average Bonchev–Trinajstić information content (AvgIpc) is 3.64. The van der Waals surface area contributed by atoms with Crippen LogP contribution in [0.1, 0.15) is 69.1 Å². The van der Waals surface area contributed by atoms with Crippen molar-refractivity contribution in [1.29, 1.82) is 0 Å². The van der Waals surface area contributed by atoms with Crippen LogP contribution >= 0.6 is 11.3 Å². The number of carbonyl (C=O) groups excluding carboxylic acids is 1. The first-order chi connectivity index (χ1) is 18.1. The van der Waals surface area contributed by atoms with Crippen LogP contribution in [0.25, 0.3) is 10.9 Å². The summed E-state index contributed by atoms with van der Waals surface area (Å²) in [6.45, 7) is 9.80. The van der Waals surface area contributed by atoms with Crippen molar-refractivity contribution in [3.05, 3.63) is 74.5 Å². The number of methoxy groups -OCH3 is 1. The first-order valence-electron chi connectivity index (χ1n) is 12.6. The zero-order chi connectivity index (χ0) is 27.2. The molecule has 0 saturated heterocycles. The van der Waals surface area contributed by atoms with Gasteiger partial charge in [0.05, 0.1) is 41.2 Å². The van der Waals surface area contributed by atoms with Gasteiger partial charge in [0, 0.05) is 11.8 Å². The molecule has 9 nitrogen and oxygen atoms in total. The van der Waals surface area contributed by atoms with E-state index in [1.807, 2.05) is 76.4 Å². The summed E-state index contributed by atoms with van der Waals surface area (Å²) in [7, 11) is 1.62. The van der Waals surface area contributed by atoms with Crippen LogP contribution in [0.3, 0.4) is 0 Å². The lowest BCUT2D eigenvalue weighted by molar-refractivity contribution is -0.133. The molecule has 0 N–H and O–H groups in total. The first-order valence-corrected chi connectivity index (χ1v) is 13.5. The van der Waals surface area contributed by atoms with Gasteiger partial charge in [0.15, 0.2) is 0 Å². The average molecular weight is 533 g/mol. The number of aromatic nitrogens is 4. The van der Waals surface area contributed by atoms with E-state index >= 15 is 0 Å². The minimum Gasteiger partial charge on any atom is -0.497 e. The Morgan fingerprint density at radius 3 is 2.53 bits per heavy atom. The first kappa shape index (κ1) is 25.8. The number of benzene rings is 1. The van der Waals surface area contributed by atoms with Gasteiger partial charge in [-0.2, -0.15) is 15.3 Å². The van der Waals surface area contributed by atoms with Crippen molar-refractivity contribution in [2.24, 2.45) is 5.10 Å². The maximum Gasteiger partial charge on any atom is 0.293 e. The lowest BCUT2D eigenvalue weighted by atomic mass is 10.0. The van der Waals surface area contributed by atoms with Crippen LogP contribution in [0.15, 0.2) is 57.9 Å². The summed E-state index contributed by atoms with van der Waals surface area (Å²) >= 11 is 1.59. The molecule has 0 bridgehead atoms. The summed E-state index contributed by atoms with van der Waals surface area (Å²) in [5.74, 6) is 0.479. The van der Waals surface area contributed by atoms with Crippen LogP contribution in [-0.4, -0.2) is 43.3 Å². The summed E-state index contributed by atoms with van der Waals surface area (Å²) < 4.78 is 8.31. The minimum absolute atomic E-state index is 0.0411. The molecule has 10 heteroatoms. The quantitative estimate of drug-likeness (QED) is 0.351. The molecule has 0 radical (unpaired) electrons. The molecule has 38 heavy (non-hydrogen) atoms. The molecule has 1 unspecified atom stereocenters. The zero-order valence-corrected chi connectivity index (χ0v) is 23.3. The molecule has 1 aliphatic heterocycles. The monoisotopic (exact) mass is 532 g/mol. The maximum absolute atomic E-state index is 13.8. The van der Waals surface area contributed by atoms with Gasteiger partial charge in [-0.15, -0.1) is 11.3 Å². The second-order valence-corrected chi connectivity index (χ2v) is 11.7. The van der Waals surface area contributed by atoms with Crippen LogP contribution in [0.2, 0.25) is 0 Å². The molecular weight excluding hydrogens is 500 g/mol. The Labute approximate surface area is 225 Å². The zero-order valence-electron chi connectivity index (χ0n) is 22.5. The summed E-state index contributed by atoms with van der Waals surface area (Å²) in [6, 6.07) is 11.3. The largest absolute Gasteiger partial charge is 0.497 e. The Morgan fingerprint density at radius 1 is 1.18 bits per heavy atom. The fraction of sp³-hybridized carbons (Fsp3) is 0.393. The Morgan fingerprint density at radius 2 is 1.92 bits per heavy atom. The minimum atomic E-state index is -0.410. The van der Waals surface area contributed by atoms with Gasteiger partial charge in [0.1, 0.15) is 17.8 Å². The third-order valence-electron chi connectivity index (χ3n) is 6.65. The van der Waals surface area contributed by atoms with E-state index in [0.29, 0.717) is 11.9 Å². The van der Waals surface area contributed by atoms with Crippen molar-refractivity contribution in [1.82, 2.24) is 24.6 Å². The van der Waals surface area contributed by atoms with Crippen LogP contribution in [0, 0.1) is 0 Å². The summed E-state index contributed by atoms with van der Waals surface area (Å²) in [4.78, 5) is 28.5. The summed E-state index contributed by atoms with van der Waals surface area (Å²) in [5.41, 5.74) is 2.23. The number of fused-ring (bicyclic) bond motifs is 1. The topological polar surface area (TPSA) is 94.6 Å². The Balaban J connectivity index is 1.56. The van der Waals surface area contributed by atoms with E-state index in [9.17, 15) is 9.59 Å². The van der Waals surface area contributed by atoms with Gasteiger partial charge in [-0.25, -0.2) is 9.69 Å². The Bertz CT molecular complexity index is 1560. The number of hydrogen-bond acceptors (Lipinski definition) is 7. The van der Waals surface area contributed by atoms with Crippen LogP contribution in [0.5, 0.6) is 5.75 Å². The standard InChI is InChI=1S/C28H32N6O3S/c1-17(2)25-20-15-29-34(28(3,4)5)26(20)27(36)32(31-25)16-24(35)33-22(18-9-11-19(37-6)12-10-18)14-21(30-33)23-8-7-13-38-23/h7-13,15,17,22H,14,16H2,1-6H3. The van der Waals surface area contributed by atoms with Crippen molar-refractivity contribution in [2.75, 3.05) is 7.11 Å². The fourth-order valence-corrected chi connectivity index (χ4v) is 5.47. The Hall–Kier alpha value is -3.79. The second kappa shape index (κ2) is 9.83. The summed E-state index contributed by atoms with van der Waals surface area (Å²) in [5, 5.41) is 18.1. The van der Waals surface area contributed by atoms with Gasteiger partial charge in [0.25, 0.3) is 11.5 Å². The molecule has 0 spiro atoms. The fourth-order valence-electron chi connectivity index (χ4n) is 4.75. The van der Waals surface area contributed by atoms with E-state index in [2.05, 4.69) is 10.2 Å². The molecular formula is C28H32N6O3S. The predicted molar refractivity (Wildman–Crippen MR) is 149 cm³/mol. The van der Waals surface area contributed by atoms with Crippen molar-refractivity contribution in [3.8, 4) is 5.75 Å². The van der Waals surface area contributed by atoms with Gasteiger partial charge in [0.2, 0.25) is 0 Å². The summed E-state index contributed by atoms with van der Waals surface area (Å²) in [6.07, 6.45) is 2.28. The molecule has 4 aromatic rings. The molecule has 0 saturated carbocycles. The molecule has 1 aromatic carbocycles. The van der Waals surface area contributed by atoms with Crippen molar-refractivity contribution < 1.29 is 9.53 Å². The molecule has 5 rings (SSSR count). The number of ether oxygens (including phenoxy) is 1. The van der Waals surface area contributed by atoms with Gasteiger partial charge in [-0.1, -0.05) is 32.0 Å². The van der Waals surface area contributed by atoms with E-state index in [4.69, 9.17) is 9.84 Å². The second-order valence-electron chi connectivity index (χ2n) is 10.7. The normalized spacial score (nSPS) is 15.9. The maximum atomic E-state index is 13.8. The molecule has 0 fully saturated rings. The highest BCUT2D eigenvalue weighted by Crippen LogP contribution is 2.35. The van der Waals surface area contributed by atoms with Crippen molar-refractivity contribution in [3.63, 3.8) is 0 Å². The number of rotatable bonds is 6. The smallest absolute Gasteiger partial charge is 0.293 e. The third kappa shape index (κ3) is 4.64. The van der Waals surface area contributed by atoms with Crippen LogP contribution in [0.4, 0.5) is 0 Å². The number of carbonyl (C=O) groups is 1. The van der Waals surface area contributed by atoms with Crippen LogP contribution < -0.4 is 10.3 Å². The van der Waals surface area contributed by atoms with Crippen molar-refractivity contribution >= 4 is 33.9 Å². The van der Waals surface area contributed by atoms with Gasteiger partial charge >= 0.3 is 0 Å². The molecule has 1 atom stereocenters. The highest BCUT2D eigenvalue weighted by molar-refractivity contribution is 7.12. The van der Waals surface area contributed by atoms with E-state index in [0.717, 1.165) is 33.0 Å². The molecule has 1 aliphatic rings. The molecule has 4 heterocycles. The van der Waals surface area contributed by atoms with Crippen LogP contribution in [-0.2, 0) is 16.9 Å². The lowest BCUT2D eigenvalue weighted by Crippen LogP contribution is -2.37. The van der Waals surface area contributed by atoms with E-state index in [1.54, 1.807) is 29.3 Å². The number of hydrazone groups is 1. The van der Waals surface area contributed by atoms with Gasteiger partial charge < -0.3 is 4.74 Å². The Kier molecular flexibility index (Phi) is 6.68. The van der Waals surface area contributed by atoms with E-state index in [1.165, 1.54) is 9.69 Å². The number of amides is 1. The van der Waals surface area contributed by atoms with E-state index in [-0.39, 0.29) is 30.0 Å². The predicted octanol–water partition coefficient (Wildman–Crippen LogP) is 4.92. The number of nitrogens with zero attached hydrogens (tertiary/aromatic N) is 6. The molecule has 3 aromatic heterocycles. The van der Waals surface area contributed by atoms with Gasteiger partial charge in [-0.05, 0) is 55.8 Å². The highest BCUT2D eigenvalue weighted by atomic mass is 32.1. The number of hydrogen-bond donors (Lipinski definition) is 0.